The van der Waals surface area contributed by atoms with Gasteiger partial charge < -0.3 is 5.32 Å². The molecule has 0 radical (unpaired) electrons. The van der Waals surface area contributed by atoms with Crippen molar-refractivity contribution in [3.63, 3.8) is 0 Å². The van der Waals surface area contributed by atoms with Crippen LogP contribution in [0.4, 0.5) is 17.1 Å². The number of halogens is 1. The van der Waals surface area contributed by atoms with Gasteiger partial charge in [-0.3, -0.25) is 4.79 Å². The number of nitrogens with zero attached hydrogens (tertiary/aromatic N) is 3. The number of pyridine rings is 1. The van der Waals surface area contributed by atoms with Gasteiger partial charge in [-0.1, -0.05) is 6.07 Å². The van der Waals surface area contributed by atoms with Gasteiger partial charge in [0.25, 0.3) is 5.91 Å². The molecule has 1 aliphatic heterocycles. The molecule has 1 aromatic carbocycles. The van der Waals surface area contributed by atoms with Crippen molar-refractivity contribution in [3.05, 3.63) is 46.7 Å². The number of carbonyl (C=O) groups is 1. The first-order chi connectivity index (χ1) is 9.24. The molecular formula is C12H7BrN4OS. The predicted molar refractivity (Wildman–Crippen MR) is 77.9 cm³/mol. The molecule has 0 fully saturated rings. The molecule has 2 heterocycles. The highest BCUT2D eigenvalue weighted by molar-refractivity contribution is 9.10. The van der Waals surface area contributed by atoms with Crippen molar-refractivity contribution >= 4 is 50.3 Å². The Bertz CT molecular complexity index is 740. The molecule has 7 heteroatoms. The lowest BCUT2D eigenvalue weighted by molar-refractivity contribution is 0.102. The fourth-order valence-electron chi connectivity index (χ4n) is 1.65. The molecule has 1 aromatic heterocycles. The lowest BCUT2D eigenvalue weighted by Gasteiger charge is -2.07. The van der Waals surface area contributed by atoms with Crippen LogP contribution in [0.5, 0.6) is 0 Å². The van der Waals surface area contributed by atoms with Gasteiger partial charge in [0, 0.05) is 11.8 Å². The number of hydrogen-bond acceptors (Lipinski definition) is 4. The van der Waals surface area contributed by atoms with Crippen molar-refractivity contribution in [2.45, 2.75) is 0 Å². The standard InChI is InChI=1S/C12H7BrN4OS/c13-10-6-7(4-5-14-10)12(18)15-8-2-1-3-9-11(8)17-19-16-9/h1-6H,(H,15,18). The van der Waals surface area contributed by atoms with Gasteiger partial charge in [0.15, 0.2) is 0 Å². The number of hydrogen-bond donors (Lipinski definition) is 1. The van der Waals surface area contributed by atoms with Gasteiger partial charge in [0.05, 0.1) is 17.0 Å². The summed E-state index contributed by atoms with van der Waals surface area (Å²) in [4.78, 5) is 16.1. The second-order valence-electron chi connectivity index (χ2n) is 3.76. The van der Waals surface area contributed by atoms with E-state index in [0.29, 0.717) is 21.5 Å². The summed E-state index contributed by atoms with van der Waals surface area (Å²) >= 11 is 4.36. The van der Waals surface area contributed by atoms with E-state index in [9.17, 15) is 4.79 Å². The average molecular weight is 335 g/mol. The van der Waals surface area contributed by atoms with Crippen LogP contribution in [-0.2, 0) is 11.4 Å². The Morgan fingerprint density at radius 2 is 2.16 bits per heavy atom. The predicted octanol–water partition coefficient (Wildman–Crippen LogP) is 3.82. The summed E-state index contributed by atoms with van der Waals surface area (Å²) in [6.07, 6.45) is 1.57. The first-order valence-corrected chi connectivity index (χ1v) is 6.90. The monoisotopic (exact) mass is 334 g/mol. The maximum atomic E-state index is 12.1. The van der Waals surface area contributed by atoms with Gasteiger partial charge in [-0.25, -0.2) is 4.98 Å². The summed E-state index contributed by atoms with van der Waals surface area (Å²) < 4.78 is 8.93. The van der Waals surface area contributed by atoms with Crippen LogP contribution in [0.15, 0.2) is 49.9 Å². The molecule has 1 amide bonds. The van der Waals surface area contributed by atoms with Crippen LogP contribution in [0.1, 0.15) is 10.4 Å². The number of amides is 1. The highest BCUT2D eigenvalue weighted by Crippen LogP contribution is 2.38. The summed E-state index contributed by atoms with van der Waals surface area (Å²) in [6, 6.07) is 8.81. The lowest BCUT2D eigenvalue weighted by atomic mass is 10.2. The van der Waals surface area contributed by atoms with Crippen LogP contribution in [0, 0.1) is 0 Å². The third kappa shape index (κ3) is 2.47. The number of anilines is 1. The van der Waals surface area contributed by atoms with E-state index in [4.69, 9.17) is 0 Å². The molecule has 5 nitrogen and oxygen atoms in total. The second kappa shape index (κ2) is 5.02. The largest absolute Gasteiger partial charge is 0.320 e. The Hall–Kier alpha value is -1.86. The van der Waals surface area contributed by atoms with E-state index < -0.39 is 0 Å². The molecule has 19 heavy (non-hydrogen) atoms. The lowest BCUT2D eigenvalue weighted by Crippen LogP contribution is -2.12. The minimum Gasteiger partial charge on any atom is -0.320 e. The van der Waals surface area contributed by atoms with Crippen molar-refractivity contribution in [2.24, 2.45) is 8.73 Å². The van der Waals surface area contributed by atoms with E-state index in [0.717, 1.165) is 17.0 Å². The summed E-state index contributed by atoms with van der Waals surface area (Å²) in [5.41, 5.74) is 2.67. The van der Waals surface area contributed by atoms with Crippen LogP contribution in [0.2, 0.25) is 0 Å². The van der Waals surface area contributed by atoms with E-state index in [1.807, 2.05) is 12.1 Å². The van der Waals surface area contributed by atoms with E-state index >= 15 is 0 Å². The molecule has 2 aromatic rings. The van der Waals surface area contributed by atoms with Gasteiger partial charge in [0.2, 0.25) is 0 Å². The highest BCUT2D eigenvalue weighted by atomic mass is 79.9. The van der Waals surface area contributed by atoms with E-state index in [1.54, 1.807) is 24.4 Å². The zero-order chi connectivity index (χ0) is 13.2. The van der Waals surface area contributed by atoms with Crippen molar-refractivity contribution in [2.75, 3.05) is 5.32 Å². The van der Waals surface area contributed by atoms with Crippen LogP contribution < -0.4 is 5.32 Å². The number of rotatable bonds is 2. The van der Waals surface area contributed by atoms with E-state index in [1.165, 1.54) is 0 Å². The Kier molecular flexibility index (Phi) is 3.22. The first-order valence-electron chi connectivity index (χ1n) is 5.38. The Balaban J connectivity index is 1.89. The fourth-order valence-corrected chi connectivity index (χ4v) is 2.56. The zero-order valence-corrected chi connectivity index (χ0v) is 11.9. The van der Waals surface area contributed by atoms with Crippen LogP contribution in [0.25, 0.3) is 0 Å². The van der Waals surface area contributed by atoms with Gasteiger partial charge in [-0.2, -0.15) is 8.73 Å². The quantitative estimate of drug-likeness (QED) is 0.724. The minimum atomic E-state index is -0.205. The van der Waals surface area contributed by atoms with Crippen molar-refractivity contribution in [1.29, 1.82) is 0 Å². The molecule has 0 unspecified atom stereocenters. The van der Waals surface area contributed by atoms with Crippen molar-refractivity contribution in [1.82, 2.24) is 4.98 Å². The van der Waals surface area contributed by atoms with Gasteiger partial charge in [0.1, 0.15) is 16.0 Å². The molecule has 0 bridgehead atoms. The Labute approximate surface area is 121 Å². The maximum absolute atomic E-state index is 12.1. The average Bonchev–Trinajstić information content (AvgIpc) is 2.88. The number of carbonyl (C=O) groups excluding carboxylic acids is 1. The van der Waals surface area contributed by atoms with Crippen LogP contribution in [0.3, 0.4) is 0 Å². The molecule has 0 saturated heterocycles. The summed E-state index contributed by atoms with van der Waals surface area (Å²) in [6.45, 7) is 0. The molecule has 3 rings (SSSR count). The summed E-state index contributed by atoms with van der Waals surface area (Å²) in [7, 11) is 0. The molecule has 94 valence electrons. The fraction of sp³-hybridized carbons (Fsp3) is 0. The zero-order valence-electron chi connectivity index (χ0n) is 9.50. The van der Waals surface area contributed by atoms with Gasteiger partial charge in [-0.15, -0.1) is 0 Å². The summed E-state index contributed by atoms with van der Waals surface area (Å²) in [5, 5.41) is 2.83. The molecule has 0 spiro atoms. The van der Waals surface area contributed by atoms with E-state index in [-0.39, 0.29) is 5.91 Å². The van der Waals surface area contributed by atoms with Crippen molar-refractivity contribution in [3.8, 4) is 0 Å². The molecule has 0 saturated carbocycles. The number of benzene rings is 1. The van der Waals surface area contributed by atoms with Gasteiger partial charge in [-0.05, 0) is 40.2 Å². The molecule has 0 aliphatic carbocycles. The van der Waals surface area contributed by atoms with Crippen LogP contribution in [-0.4, -0.2) is 10.9 Å². The molecule has 1 N–H and O–H groups in total. The molecule has 1 aliphatic rings. The maximum Gasteiger partial charge on any atom is 0.255 e. The number of nitrogens with one attached hydrogen (secondary N) is 1. The topological polar surface area (TPSA) is 66.7 Å². The second-order valence-corrected chi connectivity index (χ2v) is 5.10. The molecule has 0 atom stereocenters. The van der Waals surface area contributed by atoms with E-state index in [2.05, 4.69) is 35.0 Å². The van der Waals surface area contributed by atoms with Crippen molar-refractivity contribution < 1.29 is 4.79 Å². The van der Waals surface area contributed by atoms with Gasteiger partial charge >= 0.3 is 0 Å². The number of fused-ring (bicyclic) bond motifs is 1. The number of aromatic nitrogens is 1. The third-order valence-corrected chi connectivity index (χ3v) is 3.50. The Morgan fingerprint density at radius 1 is 1.26 bits per heavy atom. The SMILES string of the molecule is O=C(Nc1cccc2c1N=S=N2)c1ccnc(Br)c1. The van der Waals surface area contributed by atoms with Crippen LogP contribution >= 0.6 is 15.9 Å². The third-order valence-electron chi connectivity index (χ3n) is 2.52. The summed E-state index contributed by atoms with van der Waals surface area (Å²) in [5.74, 6) is -0.205. The first kappa shape index (κ1) is 12.2. The smallest absolute Gasteiger partial charge is 0.255 e. The normalized spacial score (nSPS) is 11.8. The minimum absolute atomic E-state index is 0.205. The highest BCUT2D eigenvalue weighted by Gasteiger charge is 2.13. The Morgan fingerprint density at radius 3 is 3.00 bits per heavy atom. The molecular weight excluding hydrogens is 328 g/mol.